The summed E-state index contributed by atoms with van der Waals surface area (Å²) >= 11 is 0. The summed E-state index contributed by atoms with van der Waals surface area (Å²) in [7, 11) is 4.10. The SMILES string of the molecule is Cc1ccc(C(CN)NCCN(C)C)o1. The number of nitrogens with zero attached hydrogens (tertiary/aromatic N) is 1. The molecule has 1 rings (SSSR count). The van der Waals surface area contributed by atoms with Crippen LogP contribution in [0.1, 0.15) is 17.6 Å². The van der Waals surface area contributed by atoms with Gasteiger partial charge in [0.1, 0.15) is 11.5 Å². The molecule has 0 aliphatic rings. The van der Waals surface area contributed by atoms with Crippen molar-refractivity contribution >= 4 is 0 Å². The van der Waals surface area contributed by atoms with Crippen molar-refractivity contribution in [2.24, 2.45) is 5.73 Å². The Bertz CT molecular complexity index is 283. The zero-order valence-electron chi connectivity index (χ0n) is 9.79. The maximum atomic E-state index is 5.69. The van der Waals surface area contributed by atoms with Gasteiger partial charge in [-0.15, -0.1) is 0 Å². The van der Waals surface area contributed by atoms with Gasteiger partial charge in [-0.05, 0) is 33.2 Å². The topological polar surface area (TPSA) is 54.4 Å². The Balaban J connectivity index is 2.42. The fourth-order valence-electron chi connectivity index (χ4n) is 1.40. The highest BCUT2D eigenvalue weighted by atomic mass is 16.3. The summed E-state index contributed by atoms with van der Waals surface area (Å²) < 4.78 is 5.54. The molecule has 1 aromatic rings. The maximum Gasteiger partial charge on any atom is 0.122 e. The molecule has 4 nitrogen and oxygen atoms in total. The molecule has 1 unspecified atom stereocenters. The molecule has 86 valence electrons. The number of aryl methyl sites for hydroxylation is 1. The van der Waals surface area contributed by atoms with E-state index in [-0.39, 0.29) is 6.04 Å². The molecular formula is C11H21N3O. The highest BCUT2D eigenvalue weighted by Crippen LogP contribution is 2.14. The average molecular weight is 211 g/mol. The van der Waals surface area contributed by atoms with Gasteiger partial charge in [0.25, 0.3) is 0 Å². The Kier molecular flexibility index (Phi) is 4.81. The fourth-order valence-corrected chi connectivity index (χ4v) is 1.40. The number of likely N-dealkylation sites (N-methyl/N-ethyl adjacent to an activating group) is 1. The lowest BCUT2D eigenvalue weighted by atomic mass is 10.2. The van der Waals surface area contributed by atoms with Gasteiger partial charge in [0.05, 0.1) is 6.04 Å². The van der Waals surface area contributed by atoms with Crippen LogP contribution in [-0.2, 0) is 0 Å². The van der Waals surface area contributed by atoms with E-state index in [1.54, 1.807) is 0 Å². The molecule has 0 spiro atoms. The number of hydrogen-bond acceptors (Lipinski definition) is 4. The minimum atomic E-state index is 0.124. The van der Waals surface area contributed by atoms with E-state index in [0.29, 0.717) is 6.54 Å². The molecular weight excluding hydrogens is 190 g/mol. The van der Waals surface area contributed by atoms with Crippen LogP contribution in [0.15, 0.2) is 16.5 Å². The Morgan fingerprint density at radius 2 is 2.20 bits per heavy atom. The third-order valence-corrected chi connectivity index (χ3v) is 2.29. The van der Waals surface area contributed by atoms with Crippen molar-refractivity contribution in [3.05, 3.63) is 23.7 Å². The summed E-state index contributed by atoms with van der Waals surface area (Å²) in [5, 5.41) is 3.37. The first-order valence-electron chi connectivity index (χ1n) is 5.28. The average Bonchev–Trinajstić information content (AvgIpc) is 2.59. The molecule has 1 aromatic heterocycles. The number of furan rings is 1. The van der Waals surface area contributed by atoms with Crippen molar-refractivity contribution in [2.45, 2.75) is 13.0 Å². The molecule has 0 amide bonds. The molecule has 0 aliphatic heterocycles. The second-order valence-electron chi connectivity index (χ2n) is 3.99. The lowest BCUT2D eigenvalue weighted by molar-refractivity contribution is 0.360. The highest BCUT2D eigenvalue weighted by molar-refractivity contribution is 5.10. The monoisotopic (exact) mass is 211 g/mol. The van der Waals surface area contributed by atoms with Gasteiger partial charge in [0.2, 0.25) is 0 Å². The van der Waals surface area contributed by atoms with E-state index < -0.39 is 0 Å². The maximum absolute atomic E-state index is 5.69. The van der Waals surface area contributed by atoms with Crippen LogP contribution in [0.25, 0.3) is 0 Å². The van der Waals surface area contributed by atoms with E-state index in [4.69, 9.17) is 10.2 Å². The number of nitrogens with two attached hydrogens (primary N) is 1. The Labute approximate surface area is 91.4 Å². The molecule has 0 bridgehead atoms. The van der Waals surface area contributed by atoms with Crippen LogP contribution in [0.5, 0.6) is 0 Å². The van der Waals surface area contributed by atoms with E-state index in [1.807, 2.05) is 19.1 Å². The Morgan fingerprint density at radius 3 is 2.67 bits per heavy atom. The molecule has 0 fully saturated rings. The van der Waals surface area contributed by atoms with Crippen molar-refractivity contribution < 1.29 is 4.42 Å². The van der Waals surface area contributed by atoms with E-state index >= 15 is 0 Å². The summed E-state index contributed by atoms with van der Waals surface area (Å²) in [6.07, 6.45) is 0. The first-order valence-corrected chi connectivity index (χ1v) is 5.28. The molecule has 0 aliphatic carbocycles. The summed E-state index contributed by atoms with van der Waals surface area (Å²) in [6, 6.07) is 4.07. The van der Waals surface area contributed by atoms with E-state index in [9.17, 15) is 0 Å². The lowest BCUT2D eigenvalue weighted by Gasteiger charge is -2.16. The van der Waals surface area contributed by atoms with Crippen LogP contribution in [0.3, 0.4) is 0 Å². The van der Waals surface area contributed by atoms with E-state index in [2.05, 4.69) is 24.3 Å². The van der Waals surface area contributed by atoms with E-state index in [0.717, 1.165) is 24.6 Å². The molecule has 15 heavy (non-hydrogen) atoms. The predicted octanol–water partition coefficient (Wildman–Crippen LogP) is 0.739. The van der Waals surface area contributed by atoms with Crippen molar-refractivity contribution in [2.75, 3.05) is 33.7 Å². The third kappa shape index (κ3) is 4.03. The molecule has 0 saturated heterocycles. The van der Waals surface area contributed by atoms with Crippen molar-refractivity contribution in [3.8, 4) is 0 Å². The van der Waals surface area contributed by atoms with Crippen molar-refractivity contribution in [1.29, 1.82) is 0 Å². The van der Waals surface area contributed by atoms with Gasteiger partial charge in [-0.2, -0.15) is 0 Å². The van der Waals surface area contributed by atoms with Gasteiger partial charge < -0.3 is 20.4 Å². The second kappa shape index (κ2) is 5.90. The summed E-state index contributed by atoms with van der Waals surface area (Å²) in [5.74, 6) is 1.85. The molecule has 1 heterocycles. The van der Waals surface area contributed by atoms with E-state index in [1.165, 1.54) is 0 Å². The van der Waals surface area contributed by atoms with Gasteiger partial charge in [-0.25, -0.2) is 0 Å². The van der Waals surface area contributed by atoms with Crippen molar-refractivity contribution in [3.63, 3.8) is 0 Å². The summed E-state index contributed by atoms with van der Waals surface area (Å²) in [6.45, 7) is 4.40. The summed E-state index contributed by atoms with van der Waals surface area (Å²) in [4.78, 5) is 2.13. The van der Waals surface area contributed by atoms with Crippen LogP contribution < -0.4 is 11.1 Å². The Hall–Kier alpha value is -0.840. The first-order chi connectivity index (χ1) is 7.13. The molecule has 0 radical (unpaired) electrons. The van der Waals surface area contributed by atoms with Crippen molar-refractivity contribution in [1.82, 2.24) is 10.2 Å². The Morgan fingerprint density at radius 1 is 1.47 bits per heavy atom. The smallest absolute Gasteiger partial charge is 0.122 e. The first kappa shape index (κ1) is 12.2. The van der Waals surface area contributed by atoms with Gasteiger partial charge in [0, 0.05) is 19.6 Å². The molecule has 3 N–H and O–H groups in total. The number of nitrogens with one attached hydrogen (secondary N) is 1. The number of rotatable bonds is 6. The van der Waals surface area contributed by atoms with Crippen LogP contribution >= 0.6 is 0 Å². The molecule has 4 heteroatoms. The minimum Gasteiger partial charge on any atom is -0.465 e. The van der Waals surface area contributed by atoms with Crippen LogP contribution in [0.2, 0.25) is 0 Å². The molecule has 1 atom stereocenters. The normalized spacial score (nSPS) is 13.4. The van der Waals surface area contributed by atoms with Crippen LogP contribution in [0.4, 0.5) is 0 Å². The van der Waals surface area contributed by atoms with Crippen LogP contribution in [-0.4, -0.2) is 38.6 Å². The van der Waals surface area contributed by atoms with Gasteiger partial charge in [0.15, 0.2) is 0 Å². The zero-order valence-corrected chi connectivity index (χ0v) is 9.79. The molecule has 0 aromatic carbocycles. The second-order valence-corrected chi connectivity index (χ2v) is 3.99. The molecule has 0 saturated carbocycles. The zero-order chi connectivity index (χ0) is 11.3. The lowest BCUT2D eigenvalue weighted by Crippen LogP contribution is -2.33. The highest BCUT2D eigenvalue weighted by Gasteiger charge is 2.12. The van der Waals surface area contributed by atoms with Crippen LogP contribution in [0, 0.1) is 6.92 Å². The third-order valence-electron chi connectivity index (χ3n) is 2.29. The van der Waals surface area contributed by atoms with Gasteiger partial charge in [-0.3, -0.25) is 0 Å². The standard InChI is InChI=1S/C11H21N3O/c1-9-4-5-11(15-9)10(8-12)13-6-7-14(2)3/h4-5,10,13H,6-8,12H2,1-3H3. The quantitative estimate of drug-likeness (QED) is 0.728. The van der Waals surface area contributed by atoms with Gasteiger partial charge >= 0.3 is 0 Å². The minimum absolute atomic E-state index is 0.124. The largest absolute Gasteiger partial charge is 0.465 e. The predicted molar refractivity (Wildman–Crippen MR) is 61.8 cm³/mol. The summed E-state index contributed by atoms with van der Waals surface area (Å²) in [5.41, 5.74) is 5.69. The number of hydrogen-bond donors (Lipinski definition) is 2. The van der Waals surface area contributed by atoms with Gasteiger partial charge in [-0.1, -0.05) is 0 Å². The fraction of sp³-hybridized carbons (Fsp3) is 0.636.